The first-order chi connectivity index (χ1) is 8.49. The van der Waals surface area contributed by atoms with E-state index in [9.17, 15) is 13.5 Å². The van der Waals surface area contributed by atoms with E-state index in [4.69, 9.17) is 0 Å². The average Bonchev–Trinajstić information content (AvgIpc) is 2.32. The zero-order valence-corrected chi connectivity index (χ0v) is 11.4. The third kappa shape index (κ3) is 3.10. The second-order valence-electron chi connectivity index (χ2n) is 4.84. The fourth-order valence-electron chi connectivity index (χ4n) is 2.23. The molecule has 1 fully saturated rings. The summed E-state index contributed by atoms with van der Waals surface area (Å²) in [5.41, 5.74) is 1.82. The van der Waals surface area contributed by atoms with Gasteiger partial charge in [0, 0.05) is 13.1 Å². The molecule has 1 aliphatic rings. The Balaban J connectivity index is 2.14. The fourth-order valence-corrected chi connectivity index (χ4v) is 3.94. The molecule has 0 bridgehead atoms. The van der Waals surface area contributed by atoms with E-state index in [2.05, 4.69) is 0 Å². The number of rotatable bonds is 3. The van der Waals surface area contributed by atoms with Crippen molar-refractivity contribution < 1.29 is 13.5 Å². The number of β-amino-alcohol motifs (C(OH)–C–C–N with tert-alkyl or cyclic N) is 1. The second kappa shape index (κ2) is 5.38. The lowest BCUT2D eigenvalue weighted by atomic mass is 10.1. The Morgan fingerprint density at radius 3 is 2.78 bits per heavy atom. The van der Waals surface area contributed by atoms with Crippen LogP contribution >= 0.6 is 0 Å². The van der Waals surface area contributed by atoms with Crippen molar-refractivity contribution in [3.8, 4) is 0 Å². The molecule has 2 rings (SSSR count). The lowest BCUT2D eigenvalue weighted by Crippen LogP contribution is -2.42. The maximum absolute atomic E-state index is 12.3. The predicted octanol–water partition coefficient (Wildman–Crippen LogP) is 1.28. The highest BCUT2D eigenvalue weighted by Gasteiger charge is 2.28. The molecule has 0 aliphatic carbocycles. The lowest BCUT2D eigenvalue weighted by molar-refractivity contribution is 0.108. The zero-order valence-electron chi connectivity index (χ0n) is 10.5. The maximum Gasteiger partial charge on any atom is 0.218 e. The van der Waals surface area contributed by atoms with Gasteiger partial charge >= 0.3 is 0 Å². The van der Waals surface area contributed by atoms with E-state index >= 15 is 0 Å². The topological polar surface area (TPSA) is 57.6 Å². The van der Waals surface area contributed by atoms with Gasteiger partial charge in [0.05, 0.1) is 11.9 Å². The molecule has 1 heterocycles. The van der Waals surface area contributed by atoms with Crippen LogP contribution in [0.15, 0.2) is 24.3 Å². The van der Waals surface area contributed by atoms with Gasteiger partial charge in [0.15, 0.2) is 0 Å². The predicted molar refractivity (Wildman–Crippen MR) is 70.6 cm³/mol. The number of aliphatic hydroxyl groups excluding tert-OH is 1. The number of hydrogen-bond donors (Lipinski definition) is 1. The number of aliphatic hydroxyl groups is 1. The van der Waals surface area contributed by atoms with E-state index in [1.165, 1.54) is 4.31 Å². The number of nitrogens with zero attached hydrogens (tertiary/aromatic N) is 1. The molecule has 1 saturated heterocycles. The summed E-state index contributed by atoms with van der Waals surface area (Å²) in [4.78, 5) is 0. The molecule has 1 aliphatic heterocycles. The average molecular weight is 269 g/mol. The molecule has 0 amide bonds. The van der Waals surface area contributed by atoms with Crippen molar-refractivity contribution in [1.82, 2.24) is 4.31 Å². The van der Waals surface area contributed by atoms with E-state index in [-0.39, 0.29) is 12.3 Å². The molecule has 1 atom stereocenters. The SMILES string of the molecule is Cc1ccccc1CS(=O)(=O)N1CCCC(O)C1. The molecule has 0 radical (unpaired) electrons. The van der Waals surface area contributed by atoms with Gasteiger partial charge in [0.2, 0.25) is 10.0 Å². The highest BCUT2D eigenvalue weighted by molar-refractivity contribution is 7.88. The van der Waals surface area contributed by atoms with E-state index < -0.39 is 16.1 Å². The summed E-state index contributed by atoms with van der Waals surface area (Å²) in [6.07, 6.45) is 0.898. The number of sulfonamides is 1. The Labute approximate surface area is 108 Å². The van der Waals surface area contributed by atoms with Crippen molar-refractivity contribution in [2.24, 2.45) is 0 Å². The first-order valence-corrected chi connectivity index (χ1v) is 7.80. The van der Waals surface area contributed by atoms with Gasteiger partial charge in [-0.1, -0.05) is 24.3 Å². The van der Waals surface area contributed by atoms with Gasteiger partial charge in [0.25, 0.3) is 0 Å². The van der Waals surface area contributed by atoms with Crippen LogP contribution in [0.1, 0.15) is 24.0 Å². The molecule has 4 nitrogen and oxygen atoms in total. The van der Waals surface area contributed by atoms with Crippen molar-refractivity contribution in [2.45, 2.75) is 31.6 Å². The number of hydrogen-bond acceptors (Lipinski definition) is 3. The molecule has 100 valence electrons. The van der Waals surface area contributed by atoms with Crippen LogP contribution < -0.4 is 0 Å². The van der Waals surface area contributed by atoms with Gasteiger partial charge in [0.1, 0.15) is 0 Å². The molecule has 0 spiro atoms. The van der Waals surface area contributed by atoms with E-state index in [0.29, 0.717) is 13.0 Å². The summed E-state index contributed by atoms with van der Waals surface area (Å²) in [5.74, 6) is 0.0202. The third-order valence-electron chi connectivity index (χ3n) is 3.35. The van der Waals surface area contributed by atoms with Crippen LogP contribution in [0.25, 0.3) is 0 Å². The van der Waals surface area contributed by atoms with Gasteiger partial charge in [-0.3, -0.25) is 0 Å². The van der Waals surface area contributed by atoms with Crippen molar-refractivity contribution >= 4 is 10.0 Å². The molecule has 1 aromatic carbocycles. The summed E-state index contributed by atoms with van der Waals surface area (Å²) in [5, 5.41) is 9.56. The molecule has 0 saturated carbocycles. The minimum Gasteiger partial charge on any atom is -0.392 e. The highest BCUT2D eigenvalue weighted by Crippen LogP contribution is 2.19. The Kier molecular flexibility index (Phi) is 4.04. The van der Waals surface area contributed by atoms with E-state index in [1.54, 1.807) is 0 Å². The van der Waals surface area contributed by atoms with Gasteiger partial charge < -0.3 is 5.11 Å². The largest absolute Gasteiger partial charge is 0.392 e. The van der Waals surface area contributed by atoms with Crippen LogP contribution in [-0.4, -0.2) is 37.0 Å². The molecule has 1 unspecified atom stereocenters. The Bertz CT molecular complexity index is 513. The first kappa shape index (κ1) is 13.5. The summed E-state index contributed by atoms with van der Waals surface area (Å²) in [6.45, 7) is 2.66. The molecule has 5 heteroatoms. The second-order valence-corrected chi connectivity index (χ2v) is 6.81. The zero-order chi connectivity index (χ0) is 13.2. The van der Waals surface area contributed by atoms with E-state index in [0.717, 1.165) is 17.5 Å². The van der Waals surface area contributed by atoms with Gasteiger partial charge in [-0.2, -0.15) is 4.31 Å². The molecular formula is C13H19NO3S. The molecule has 1 N–H and O–H groups in total. The lowest BCUT2D eigenvalue weighted by Gasteiger charge is -2.29. The maximum atomic E-state index is 12.3. The normalized spacial score (nSPS) is 22.0. The van der Waals surface area contributed by atoms with E-state index in [1.807, 2.05) is 31.2 Å². The number of piperidine rings is 1. The van der Waals surface area contributed by atoms with Crippen molar-refractivity contribution in [2.75, 3.05) is 13.1 Å². The van der Waals surface area contributed by atoms with Gasteiger partial charge in [-0.05, 0) is 30.9 Å². The third-order valence-corrected chi connectivity index (χ3v) is 5.15. The standard InChI is InChI=1S/C13H19NO3S/c1-11-5-2-3-6-12(11)10-18(16,17)14-8-4-7-13(15)9-14/h2-3,5-6,13,15H,4,7-10H2,1H3. The monoisotopic (exact) mass is 269 g/mol. The Morgan fingerprint density at radius 1 is 1.39 bits per heavy atom. The molecule has 0 aromatic heterocycles. The quantitative estimate of drug-likeness (QED) is 0.899. The van der Waals surface area contributed by atoms with Crippen molar-refractivity contribution in [3.63, 3.8) is 0 Å². The van der Waals surface area contributed by atoms with Crippen LogP contribution in [0.4, 0.5) is 0 Å². The van der Waals surface area contributed by atoms with Crippen LogP contribution in [0.2, 0.25) is 0 Å². The summed E-state index contributed by atoms with van der Waals surface area (Å²) in [7, 11) is -3.32. The van der Waals surface area contributed by atoms with Crippen molar-refractivity contribution in [1.29, 1.82) is 0 Å². The molecular weight excluding hydrogens is 250 g/mol. The summed E-state index contributed by atoms with van der Waals surface area (Å²) < 4.78 is 25.9. The summed E-state index contributed by atoms with van der Waals surface area (Å²) >= 11 is 0. The van der Waals surface area contributed by atoms with Gasteiger partial charge in [-0.15, -0.1) is 0 Å². The minimum absolute atomic E-state index is 0.0202. The highest BCUT2D eigenvalue weighted by atomic mass is 32.2. The number of benzene rings is 1. The Morgan fingerprint density at radius 2 is 2.11 bits per heavy atom. The van der Waals surface area contributed by atoms with Crippen LogP contribution in [0, 0.1) is 6.92 Å². The van der Waals surface area contributed by atoms with Crippen LogP contribution in [-0.2, 0) is 15.8 Å². The van der Waals surface area contributed by atoms with Crippen LogP contribution in [0.3, 0.4) is 0 Å². The first-order valence-electron chi connectivity index (χ1n) is 6.19. The smallest absolute Gasteiger partial charge is 0.218 e. The van der Waals surface area contributed by atoms with Gasteiger partial charge in [-0.25, -0.2) is 8.42 Å². The minimum atomic E-state index is -3.32. The van der Waals surface area contributed by atoms with Crippen molar-refractivity contribution in [3.05, 3.63) is 35.4 Å². The molecule has 1 aromatic rings. The van der Waals surface area contributed by atoms with Crippen LogP contribution in [0.5, 0.6) is 0 Å². The molecule has 18 heavy (non-hydrogen) atoms. The number of aryl methyl sites for hydroxylation is 1. The summed E-state index contributed by atoms with van der Waals surface area (Å²) in [6, 6.07) is 7.50. The fraction of sp³-hybridized carbons (Fsp3) is 0.538. The Hall–Kier alpha value is -0.910.